The zero-order chi connectivity index (χ0) is 16.0. The lowest BCUT2D eigenvalue weighted by Crippen LogP contribution is -2.11. The fourth-order valence-electron chi connectivity index (χ4n) is 1.51. The van der Waals surface area contributed by atoms with Crippen molar-refractivity contribution in [2.24, 2.45) is 0 Å². The van der Waals surface area contributed by atoms with E-state index in [-0.39, 0.29) is 12.6 Å². The maximum absolute atomic E-state index is 12.5. The predicted octanol–water partition coefficient (Wildman–Crippen LogP) is 4.00. The van der Waals surface area contributed by atoms with E-state index in [9.17, 15) is 13.2 Å². The topological polar surface area (TPSA) is 44.2 Å². The largest absolute Gasteiger partial charge is 0.493 e. The fraction of sp³-hybridized carbons (Fsp3) is 0.286. The normalized spacial score (nSPS) is 11.3. The van der Waals surface area contributed by atoms with Crippen molar-refractivity contribution in [1.29, 1.82) is 0 Å². The third kappa shape index (κ3) is 5.07. The second-order valence-corrected chi connectivity index (χ2v) is 4.66. The Kier molecular flexibility index (Phi) is 5.43. The van der Waals surface area contributed by atoms with Crippen LogP contribution in [0.1, 0.15) is 12.1 Å². The van der Waals surface area contributed by atoms with Gasteiger partial charge in [-0.1, -0.05) is 11.6 Å². The van der Waals surface area contributed by atoms with E-state index in [4.69, 9.17) is 21.1 Å². The summed E-state index contributed by atoms with van der Waals surface area (Å²) < 4.78 is 47.8. The molecule has 1 aromatic heterocycles. The van der Waals surface area contributed by atoms with Crippen molar-refractivity contribution in [2.75, 3.05) is 13.2 Å². The molecule has 0 aliphatic heterocycles. The van der Waals surface area contributed by atoms with Crippen molar-refractivity contribution < 1.29 is 22.6 Å². The highest BCUT2D eigenvalue weighted by Gasteiger charge is 2.32. The Morgan fingerprint density at radius 3 is 2.36 bits per heavy atom. The van der Waals surface area contributed by atoms with Crippen molar-refractivity contribution in [2.45, 2.75) is 12.6 Å². The summed E-state index contributed by atoms with van der Waals surface area (Å²) >= 11 is 5.74. The van der Waals surface area contributed by atoms with Crippen LogP contribution in [0.5, 0.6) is 11.8 Å². The van der Waals surface area contributed by atoms with Gasteiger partial charge in [-0.25, -0.2) is 4.98 Å². The highest BCUT2D eigenvalue weighted by molar-refractivity contribution is 6.30. The van der Waals surface area contributed by atoms with Gasteiger partial charge in [0.2, 0.25) is 0 Å². The highest BCUT2D eigenvalue weighted by atomic mass is 35.5. The van der Waals surface area contributed by atoms with E-state index in [1.165, 1.54) is 0 Å². The molecule has 22 heavy (non-hydrogen) atoms. The minimum atomic E-state index is -4.52. The third-order valence-corrected chi connectivity index (χ3v) is 2.78. The number of halogens is 4. The van der Waals surface area contributed by atoms with Crippen LogP contribution < -0.4 is 9.47 Å². The minimum Gasteiger partial charge on any atom is -0.493 e. The molecule has 4 nitrogen and oxygen atoms in total. The minimum absolute atomic E-state index is 0.148. The molecule has 0 aliphatic rings. The van der Waals surface area contributed by atoms with Crippen LogP contribution in [0.25, 0.3) is 0 Å². The molecule has 0 atom stereocenters. The standard InChI is InChI=1S/C14H12ClF3N2O2/c15-10-2-4-11(5-3-10)21-8-1-9-22-13-19-7-6-12(20-13)14(16,17)18/h2-7H,1,8-9H2. The van der Waals surface area contributed by atoms with Crippen molar-refractivity contribution in [3.63, 3.8) is 0 Å². The van der Waals surface area contributed by atoms with Gasteiger partial charge in [-0.15, -0.1) is 0 Å². The Hall–Kier alpha value is -2.02. The van der Waals surface area contributed by atoms with E-state index in [0.717, 1.165) is 12.3 Å². The molecule has 8 heteroatoms. The van der Waals surface area contributed by atoms with Crippen LogP contribution in [-0.4, -0.2) is 23.2 Å². The predicted molar refractivity (Wildman–Crippen MR) is 74.1 cm³/mol. The van der Waals surface area contributed by atoms with E-state index >= 15 is 0 Å². The SMILES string of the molecule is FC(F)(F)c1ccnc(OCCCOc2ccc(Cl)cc2)n1. The zero-order valence-corrected chi connectivity index (χ0v) is 12.1. The van der Waals surface area contributed by atoms with Crippen LogP contribution in [-0.2, 0) is 6.18 Å². The van der Waals surface area contributed by atoms with Gasteiger partial charge in [0.15, 0.2) is 5.69 Å². The number of nitrogens with zero attached hydrogens (tertiary/aromatic N) is 2. The van der Waals surface area contributed by atoms with Crippen molar-refractivity contribution >= 4 is 11.6 Å². The number of ether oxygens (including phenoxy) is 2. The molecule has 1 aromatic carbocycles. The first-order chi connectivity index (χ1) is 10.4. The second-order valence-electron chi connectivity index (χ2n) is 4.23. The van der Waals surface area contributed by atoms with Crippen molar-refractivity contribution in [3.8, 4) is 11.8 Å². The van der Waals surface area contributed by atoms with E-state index in [1.54, 1.807) is 24.3 Å². The molecule has 0 saturated carbocycles. The Labute approximate surface area is 129 Å². The van der Waals surface area contributed by atoms with E-state index in [1.807, 2.05) is 0 Å². The van der Waals surface area contributed by atoms with Gasteiger partial charge in [-0.3, -0.25) is 0 Å². The fourth-order valence-corrected chi connectivity index (χ4v) is 1.64. The van der Waals surface area contributed by atoms with Crippen molar-refractivity contribution in [1.82, 2.24) is 9.97 Å². The molecule has 2 aromatic rings. The average Bonchev–Trinajstić information content (AvgIpc) is 2.48. The summed E-state index contributed by atoms with van der Waals surface area (Å²) in [5.74, 6) is 0.653. The molecule has 0 bridgehead atoms. The van der Waals surface area contributed by atoms with Crippen LogP contribution >= 0.6 is 11.6 Å². The van der Waals surface area contributed by atoms with Gasteiger partial charge < -0.3 is 9.47 Å². The summed E-state index contributed by atoms with van der Waals surface area (Å²) in [7, 11) is 0. The Bertz CT molecular complexity index is 606. The molecule has 0 saturated heterocycles. The molecule has 0 unspecified atom stereocenters. The molecule has 0 N–H and O–H groups in total. The summed E-state index contributed by atoms with van der Waals surface area (Å²) in [6.45, 7) is 0.496. The monoisotopic (exact) mass is 332 g/mol. The lowest BCUT2D eigenvalue weighted by Gasteiger charge is -2.09. The van der Waals surface area contributed by atoms with Gasteiger partial charge in [0, 0.05) is 17.6 Å². The van der Waals surface area contributed by atoms with Gasteiger partial charge in [-0.2, -0.15) is 18.2 Å². The average molecular weight is 333 g/mol. The summed E-state index contributed by atoms with van der Waals surface area (Å²) in [6.07, 6.45) is -3.03. The first-order valence-electron chi connectivity index (χ1n) is 6.36. The number of alkyl halides is 3. The molecule has 0 fully saturated rings. The summed E-state index contributed by atoms with van der Waals surface area (Å²) in [5, 5.41) is 0.609. The summed E-state index contributed by atoms with van der Waals surface area (Å²) in [5.41, 5.74) is -1.03. The molecule has 0 amide bonds. The molecule has 0 spiro atoms. The van der Waals surface area contributed by atoms with Crippen LogP contribution in [0.2, 0.25) is 5.02 Å². The second kappa shape index (κ2) is 7.31. The lowest BCUT2D eigenvalue weighted by atomic mass is 10.3. The zero-order valence-electron chi connectivity index (χ0n) is 11.3. The van der Waals surface area contributed by atoms with E-state index in [0.29, 0.717) is 23.8 Å². The quantitative estimate of drug-likeness (QED) is 0.750. The van der Waals surface area contributed by atoms with Gasteiger partial charge in [0.25, 0.3) is 0 Å². The number of hydrogen-bond donors (Lipinski definition) is 0. The molecular weight excluding hydrogens is 321 g/mol. The first-order valence-corrected chi connectivity index (χ1v) is 6.74. The van der Waals surface area contributed by atoms with Crippen LogP contribution in [0, 0.1) is 0 Å². The van der Waals surface area contributed by atoms with E-state index in [2.05, 4.69) is 9.97 Å². The van der Waals surface area contributed by atoms with E-state index < -0.39 is 11.9 Å². The Morgan fingerprint density at radius 1 is 1.00 bits per heavy atom. The molecular formula is C14H12ClF3N2O2. The number of rotatable bonds is 6. The molecule has 118 valence electrons. The van der Waals surface area contributed by atoms with Crippen LogP contribution in [0.4, 0.5) is 13.2 Å². The smallest absolute Gasteiger partial charge is 0.433 e. The number of hydrogen-bond acceptors (Lipinski definition) is 4. The van der Waals surface area contributed by atoms with Gasteiger partial charge in [0.1, 0.15) is 5.75 Å². The summed E-state index contributed by atoms with van der Waals surface area (Å²) in [6, 6.07) is 7.32. The molecule has 2 rings (SSSR count). The molecule has 0 radical (unpaired) electrons. The maximum atomic E-state index is 12.5. The highest BCUT2D eigenvalue weighted by Crippen LogP contribution is 2.27. The van der Waals surface area contributed by atoms with Crippen LogP contribution in [0.15, 0.2) is 36.5 Å². The number of benzene rings is 1. The number of aromatic nitrogens is 2. The lowest BCUT2D eigenvalue weighted by molar-refractivity contribution is -0.141. The van der Waals surface area contributed by atoms with Crippen molar-refractivity contribution in [3.05, 3.63) is 47.2 Å². The van der Waals surface area contributed by atoms with Gasteiger partial charge >= 0.3 is 12.2 Å². The van der Waals surface area contributed by atoms with Crippen LogP contribution in [0.3, 0.4) is 0 Å². The Morgan fingerprint density at radius 2 is 1.68 bits per heavy atom. The summed E-state index contributed by atoms with van der Waals surface area (Å²) in [4.78, 5) is 6.93. The first kappa shape index (κ1) is 16.4. The Balaban J connectivity index is 1.74. The van der Waals surface area contributed by atoms with Gasteiger partial charge in [0.05, 0.1) is 13.2 Å². The van der Waals surface area contributed by atoms with Gasteiger partial charge in [-0.05, 0) is 30.3 Å². The molecule has 0 aliphatic carbocycles. The third-order valence-electron chi connectivity index (χ3n) is 2.53. The maximum Gasteiger partial charge on any atom is 0.433 e. The molecule has 1 heterocycles.